The maximum atomic E-state index is 12.8. The van der Waals surface area contributed by atoms with Crippen molar-refractivity contribution >= 4 is 23.5 Å². The van der Waals surface area contributed by atoms with E-state index in [2.05, 4.69) is 4.74 Å². The van der Waals surface area contributed by atoms with E-state index in [1.165, 1.54) is 6.92 Å². The van der Waals surface area contributed by atoms with Crippen molar-refractivity contribution in [3.63, 3.8) is 0 Å². The first-order chi connectivity index (χ1) is 13.8. The van der Waals surface area contributed by atoms with Crippen LogP contribution in [0, 0.1) is 10.1 Å². The van der Waals surface area contributed by atoms with E-state index in [1.54, 1.807) is 4.90 Å². The number of rotatable bonds is 7. The van der Waals surface area contributed by atoms with Gasteiger partial charge in [-0.3, -0.25) is 14.9 Å². The van der Waals surface area contributed by atoms with Crippen molar-refractivity contribution in [2.24, 2.45) is 0 Å². The predicted molar refractivity (Wildman–Crippen MR) is 104 cm³/mol. The van der Waals surface area contributed by atoms with Gasteiger partial charge in [0.1, 0.15) is 0 Å². The van der Waals surface area contributed by atoms with Crippen LogP contribution in [0.3, 0.4) is 0 Å². The van der Waals surface area contributed by atoms with Crippen molar-refractivity contribution in [1.29, 1.82) is 0 Å². The van der Waals surface area contributed by atoms with Crippen LogP contribution in [0.4, 0.5) is 5.69 Å². The Morgan fingerprint density at radius 2 is 1.72 bits per heavy atom. The first-order valence-electron chi connectivity index (χ1n) is 9.67. The van der Waals surface area contributed by atoms with Gasteiger partial charge in [-0.1, -0.05) is 19.3 Å². The van der Waals surface area contributed by atoms with Crippen LogP contribution in [0.25, 0.3) is 0 Å². The van der Waals surface area contributed by atoms with E-state index in [1.807, 2.05) is 6.92 Å². The normalized spacial score (nSPS) is 15.3. The molecule has 1 fully saturated rings. The average Bonchev–Trinajstić information content (AvgIpc) is 2.73. The number of carbonyl (C=O) groups excluding carboxylic acids is 3. The van der Waals surface area contributed by atoms with Gasteiger partial charge in [-0.05, 0) is 32.8 Å². The monoisotopic (exact) mass is 406 g/mol. The number of hydrogen-bond donors (Lipinski definition) is 0. The second kappa shape index (κ2) is 9.99. The zero-order valence-corrected chi connectivity index (χ0v) is 16.9. The third-order valence-corrected chi connectivity index (χ3v) is 5.06. The maximum absolute atomic E-state index is 12.8. The third-order valence-electron chi connectivity index (χ3n) is 5.06. The minimum Gasteiger partial charge on any atom is -0.465 e. The Morgan fingerprint density at radius 1 is 1.14 bits per heavy atom. The summed E-state index contributed by atoms with van der Waals surface area (Å²) in [4.78, 5) is 49.2. The van der Waals surface area contributed by atoms with E-state index in [0.29, 0.717) is 6.54 Å². The highest BCUT2D eigenvalue weighted by atomic mass is 16.6. The molecule has 0 radical (unpaired) electrons. The molecule has 158 valence electrons. The van der Waals surface area contributed by atoms with E-state index in [9.17, 15) is 24.5 Å². The first-order valence-corrected chi connectivity index (χ1v) is 9.67. The Bertz CT molecular complexity index is 787. The van der Waals surface area contributed by atoms with E-state index in [-0.39, 0.29) is 23.1 Å². The molecule has 1 amide bonds. The molecule has 1 aliphatic carbocycles. The van der Waals surface area contributed by atoms with Gasteiger partial charge in [0.05, 0.1) is 23.2 Å². The lowest BCUT2D eigenvalue weighted by Gasteiger charge is -2.35. The molecule has 1 saturated carbocycles. The van der Waals surface area contributed by atoms with Crippen LogP contribution in [-0.2, 0) is 14.3 Å². The number of hydrogen-bond acceptors (Lipinski definition) is 7. The molecule has 0 saturated heterocycles. The summed E-state index contributed by atoms with van der Waals surface area (Å²) in [7, 11) is 1.13. The van der Waals surface area contributed by atoms with Gasteiger partial charge in [0.15, 0.2) is 6.10 Å². The molecular weight excluding hydrogens is 380 g/mol. The van der Waals surface area contributed by atoms with Gasteiger partial charge in [-0.15, -0.1) is 0 Å². The van der Waals surface area contributed by atoms with E-state index in [4.69, 9.17) is 4.74 Å². The van der Waals surface area contributed by atoms with Gasteiger partial charge >= 0.3 is 11.9 Å². The quantitative estimate of drug-likeness (QED) is 0.388. The molecule has 0 N–H and O–H groups in total. The molecule has 0 aliphatic heterocycles. The van der Waals surface area contributed by atoms with E-state index in [0.717, 1.165) is 57.4 Å². The minimum atomic E-state index is -1.05. The lowest BCUT2D eigenvalue weighted by Crippen LogP contribution is -2.46. The van der Waals surface area contributed by atoms with Gasteiger partial charge < -0.3 is 14.4 Å². The summed E-state index contributed by atoms with van der Waals surface area (Å²) in [5.74, 6) is -2.04. The van der Waals surface area contributed by atoms with Crippen molar-refractivity contribution in [2.75, 3.05) is 13.7 Å². The van der Waals surface area contributed by atoms with Gasteiger partial charge in [-0.2, -0.15) is 0 Å². The smallest absolute Gasteiger partial charge is 0.339 e. The summed E-state index contributed by atoms with van der Waals surface area (Å²) in [6, 6.07) is 3.30. The van der Waals surface area contributed by atoms with Crippen LogP contribution in [0.2, 0.25) is 0 Å². The summed E-state index contributed by atoms with van der Waals surface area (Å²) in [6.45, 7) is 3.86. The number of benzene rings is 1. The molecule has 9 nitrogen and oxygen atoms in total. The molecule has 0 bridgehead atoms. The predicted octanol–water partition coefficient (Wildman–Crippen LogP) is 3.11. The topological polar surface area (TPSA) is 116 Å². The fourth-order valence-electron chi connectivity index (χ4n) is 3.57. The fourth-order valence-corrected chi connectivity index (χ4v) is 3.57. The molecule has 29 heavy (non-hydrogen) atoms. The van der Waals surface area contributed by atoms with Crippen molar-refractivity contribution in [2.45, 2.75) is 58.1 Å². The molecule has 1 aliphatic rings. The Morgan fingerprint density at radius 3 is 2.24 bits per heavy atom. The number of likely N-dealkylation sites (N-methyl/N-ethyl adjacent to an activating group) is 1. The van der Waals surface area contributed by atoms with Gasteiger partial charge in [0, 0.05) is 24.7 Å². The summed E-state index contributed by atoms with van der Waals surface area (Å²) in [5.41, 5.74) is -0.791. The molecule has 0 spiro atoms. The lowest BCUT2D eigenvalue weighted by atomic mass is 9.94. The van der Waals surface area contributed by atoms with Crippen molar-refractivity contribution in [3.05, 3.63) is 39.4 Å². The highest BCUT2D eigenvalue weighted by molar-refractivity contribution is 5.97. The summed E-state index contributed by atoms with van der Waals surface area (Å²) in [5, 5.41) is 11.1. The van der Waals surface area contributed by atoms with Crippen molar-refractivity contribution < 1.29 is 28.8 Å². The number of non-ortho nitro benzene ring substituents is 1. The average molecular weight is 406 g/mol. The number of nitrogens with zero attached hydrogens (tertiary/aromatic N) is 2. The largest absolute Gasteiger partial charge is 0.465 e. The second-order valence-electron chi connectivity index (χ2n) is 6.98. The lowest BCUT2D eigenvalue weighted by molar-refractivity contribution is -0.384. The molecule has 0 aromatic heterocycles. The molecular formula is C20H26N2O7. The number of carbonyl (C=O) groups is 3. The van der Waals surface area contributed by atoms with Gasteiger partial charge in [0.25, 0.3) is 11.6 Å². The molecule has 0 unspecified atom stereocenters. The Kier molecular flexibility index (Phi) is 7.69. The first kappa shape index (κ1) is 22.3. The van der Waals surface area contributed by atoms with Gasteiger partial charge in [0.2, 0.25) is 0 Å². The number of methoxy groups -OCH3 is 1. The number of ether oxygens (including phenoxy) is 2. The number of nitro benzene ring substituents is 1. The van der Waals surface area contributed by atoms with Crippen LogP contribution in [0.1, 0.15) is 66.7 Å². The Labute approximate surface area is 169 Å². The van der Waals surface area contributed by atoms with E-state index >= 15 is 0 Å². The second-order valence-corrected chi connectivity index (χ2v) is 6.98. The Hall–Kier alpha value is -2.97. The van der Waals surface area contributed by atoms with Crippen LogP contribution < -0.4 is 0 Å². The van der Waals surface area contributed by atoms with Crippen LogP contribution in [0.5, 0.6) is 0 Å². The van der Waals surface area contributed by atoms with Crippen molar-refractivity contribution in [1.82, 2.24) is 4.90 Å². The molecule has 0 heterocycles. The highest BCUT2D eigenvalue weighted by Gasteiger charge is 2.30. The standard InChI is InChI=1S/C20H26N2O7/c1-4-21(16-8-6-5-7-9-16)18(23)13(2)29-20(25)15-10-14(19(24)28-3)11-17(12-15)22(26)27/h10-13,16H,4-9H2,1-3H3/t13-/m0/s1. The molecule has 2 rings (SSSR count). The molecule has 1 aromatic carbocycles. The fraction of sp³-hybridized carbons (Fsp3) is 0.550. The number of nitro groups is 1. The summed E-state index contributed by atoms with van der Waals surface area (Å²) >= 11 is 0. The zero-order chi connectivity index (χ0) is 21.6. The minimum absolute atomic E-state index is 0.131. The van der Waals surface area contributed by atoms with Crippen molar-refractivity contribution in [3.8, 4) is 0 Å². The molecule has 1 aromatic rings. The molecule has 9 heteroatoms. The van der Waals surface area contributed by atoms with Gasteiger partial charge in [-0.25, -0.2) is 9.59 Å². The third kappa shape index (κ3) is 5.52. The summed E-state index contributed by atoms with van der Waals surface area (Å²) in [6.07, 6.45) is 4.08. The zero-order valence-electron chi connectivity index (χ0n) is 16.9. The van der Waals surface area contributed by atoms with E-state index < -0.39 is 28.7 Å². The number of amides is 1. The SMILES string of the molecule is CCN(C(=O)[C@H](C)OC(=O)c1cc(C(=O)OC)cc([N+](=O)[O-])c1)C1CCCCC1. The van der Waals surface area contributed by atoms with Crippen LogP contribution >= 0.6 is 0 Å². The summed E-state index contributed by atoms with van der Waals surface area (Å²) < 4.78 is 9.83. The Balaban J connectivity index is 2.17. The van der Waals surface area contributed by atoms with Crippen LogP contribution in [0.15, 0.2) is 18.2 Å². The molecule has 1 atom stereocenters. The van der Waals surface area contributed by atoms with Crippen LogP contribution in [-0.4, -0.2) is 53.5 Å². The number of esters is 2. The maximum Gasteiger partial charge on any atom is 0.339 e. The highest BCUT2D eigenvalue weighted by Crippen LogP contribution is 2.24.